The van der Waals surface area contributed by atoms with Crippen molar-refractivity contribution in [3.8, 4) is 11.3 Å². The third-order valence-electron chi connectivity index (χ3n) is 7.52. The molecule has 0 aliphatic carbocycles. The van der Waals surface area contributed by atoms with E-state index in [1.807, 2.05) is 31.2 Å². The molecule has 230 valence electrons. The van der Waals surface area contributed by atoms with Crippen molar-refractivity contribution in [3.05, 3.63) is 101 Å². The molecule has 1 fully saturated rings. The number of hydrogen-bond acceptors (Lipinski definition) is 7. The number of pyridine rings is 1. The van der Waals surface area contributed by atoms with Gasteiger partial charge in [-0.25, -0.2) is 19.3 Å². The van der Waals surface area contributed by atoms with Gasteiger partial charge in [0.05, 0.1) is 23.1 Å². The predicted octanol–water partition coefficient (Wildman–Crippen LogP) is 7.44. The van der Waals surface area contributed by atoms with E-state index >= 15 is 0 Å². The van der Waals surface area contributed by atoms with Crippen LogP contribution < -0.4 is 21.7 Å². The molecule has 1 saturated heterocycles. The molecule has 0 saturated carbocycles. The molecule has 1 aliphatic heterocycles. The highest BCUT2D eigenvalue weighted by atomic mass is 19.4. The molecule has 2 aromatic heterocycles. The Morgan fingerprint density at radius 1 is 1.07 bits per heavy atom. The first-order valence-corrected chi connectivity index (χ1v) is 14.7. The Hall–Kier alpha value is -4.51. The highest BCUT2D eigenvalue weighted by Crippen LogP contribution is 2.34. The molecule has 1 unspecified atom stereocenters. The summed E-state index contributed by atoms with van der Waals surface area (Å²) < 4.78 is 54.4. The minimum Gasteiger partial charge on any atom is -0.382 e. The van der Waals surface area contributed by atoms with Crippen molar-refractivity contribution in [3.63, 3.8) is 0 Å². The maximum Gasteiger partial charge on any atom is 0.417 e. The van der Waals surface area contributed by atoms with Gasteiger partial charge in [-0.3, -0.25) is 0 Å². The van der Waals surface area contributed by atoms with Gasteiger partial charge in [0.15, 0.2) is 0 Å². The topological polar surface area (TPSA) is 101 Å². The average molecular weight is 606 g/mol. The van der Waals surface area contributed by atoms with Gasteiger partial charge in [0.1, 0.15) is 17.5 Å². The Balaban J connectivity index is 1.33. The number of aromatic nitrogens is 3. The van der Waals surface area contributed by atoms with Crippen LogP contribution in [0, 0.1) is 5.82 Å². The van der Waals surface area contributed by atoms with Crippen LogP contribution >= 0.6 is 0 Å². The standard InChI is InChI=1S/C33H35F4N7/c1-2-4-28(43-26-12-10-24(34)11-13-26)27-17-23(33(35,36)37)19-42-32(27)41-18-21-6-8-22(9-7-21)30-20-40-31(38)29(44-30)15-14-25-5-3-16-39-25/h4,6-13,17,19-20,25,39,43H,2-3,5,14-16,18H2,1H3,(H2,38,40)(H,41,42)/b28-4+. The second kappa shape index (κ2) is 13.9. The van der Waals surface area contributed by atoms with Crippen LogP contribution in [0.5, 0.6) is 0 Å². The Morgan fingerprint density at radius 3 is 2.52 bits per heavy atom. The molecule has 4 aromatic rings. The zero-order valence-corrected chi connectivity index (χ0v) is 24.4. The molecule has 3 heterocycles. The number of alkyl halides is 3. The van der Waals surface area contributed by atoms with Gasteiger partial charge >= 0.3 is 6.18 Å². The Labute approximate surface area is 254 Å². The van der Waals surface area contributed by atoms with Crippen LogP contribution in [0.15, 0.2) is 73.1 Å². The molecule has 1 atom stereocenters. The van der Waals surface area contributed by atoms with Crippen molar-refractivity contribution < 1.29 is 17.6 Å². The van der Waals surface area contributed by atoms with E-state index in [2.05, 4.69) is 25.9 Å². The predicted molar refractivity (Wildman–Crippen MR) is 166 cm³/mol. The number of nitrogens with zero attached hydrogens (tertiary/aromatic N) is 3. The van der Waals surface area contributed by atoms with Crippen molar-refractivity contribution in [2.75, 3.05) is 22.9 Å². The van der Waals surface area contributed by atoms with E-state index in [-0.39, 0.29) is 11.4 Å². The van der Waals surface area contributed by atoms with Crippen molar-refractivity contribution >= 4 is 23.0 Å². The van der Waals surface area contributed by atoms with E-state index in [9.17, 15) is 17.6 Å². The molecule has 0 radical (unpaired) electrons. The minimum absolute atomic E-state index is 0.250. The fourth-order valence-electron chi connectivity index (χ4n) is 5.14. The van der Waals surface area contributed by atoms with Crippen LogP contribution in [0.2, 0.25) is 0 Å². The van der Waals surface area contributed by atoms with Crippen LogP contribution in [0.4, 0.5) is 34.9 Å². The van der Waals surface area contributed by atoms with Gasteiger partial charge in [0.25, 0.3) is 0 Å². The van der Waals surface area contributed by atoms with E-state index in [0.717, 1.165) is 60.6 Å². The summed E-state index contributed by atoms with van der Waals surface area (Å²) in [5, 5.41) is 9.80. The fraction of sp³-hybridized carbons (Fsp3) is 0.303. The molecule has 44 heavy (non-hydrogen) atoms. The third kappa shape index (κ3) is 7.90. The van der Waals surface area contributed by atoms with Crippen LogP contribution in [-0.4, -0.2) is 27.5 Å². The number of aryl methyl sites for hydroxylation is 1. The van der Waals surface area contributed by atoms with Crippen molar-refractivity contribution in [1.29, 1.82) is 0 Å². The summed E-state index contributed by atoms with van der Waals surface area (Å²) in [6.07, 6.45) is 4.28. The summed E-state index contributed by atoms with van der Waals surface area (Å²) in [5.74, 6) is 0.312. The molecule has 0 spiro atoms. The molecule has 0 bridgehead atoms. The third-order valence-corrected chi connectivity index (χ3v) is 7.52. The van der Waals surface area contributed by atoms with Gasteiger partial charge in [-0.2, -0.15) is 13.2 Å². The monoisotopic (exact) mass is 605 g/mol. The number of halogens is 4. The molecule has 5 rings (SSSR count). The molecule has 7 nitrogen and oxygen atoms in total. The Morgan fingerprint density at radius 2 is 1.84 bits per heavy atom. The Kier molecular flexibility index (Phi) is 9.74. The maximum absolute atomic E-state index is 13.6. The second-order valence-electron chi connectivity index (χ2n) is 10.7. The molecular weight excluding hydrogens is 570 g/mol. The molecule has 5 N–H and O–H groups in total. The zero-order valence-electron chi connectivity index (χ0n) is 24.4. The van der Waals surface area contributed by atoms with E-state index in [0.29, 0.717) is 36.2 Å². The van der Waals surface area contributed by atoms with E-state index in [4.69, 9.17) is 10.7 Å². The summed E-state index contributed by atoms with van der Waals surface area (Å²) in [7, 11) is 0. The largest absolute Gasteiger partial charge is 0.417 e. The average Bonchev–Trinajstić information content (AvgIpc) is 3.54. The molecule has 0 amide bonds. The van der Waals surface area contributed by atoms with Crippen molar-refractivity contribution in [1.82, 2.24) is 20.3 Å². The number of nitrogen functional groups attached to an aromatic ring is 1. The molecule has 2 aromatic carbocycles. The minimum atomic E-state index is -4.57. The lowest BCUT2D eigenvalue weighted by molar-refractivity contribution is -0.137. The highest BCUT2D eigenvalue weighted by molar-refractivity contribution is 5.82. The van der Waals surface area contributed by atoms with Crippen molar-refractivity contribution in [2.24, 2.45) is 0 Å². The quantitative estimate of drug-likeness (QED) is 0.132. The Bertz CT molecular complexity index is 1580. The number of hydrogen-bond donors (Lipinski definition) is 4. The first kappa shape index (κ1) is 30.9. The normalized spacial score (nSPS) is 15.4. The zero-order chi connectivity index (χ0) is 31.1. The van der Waals surface area contributed by atoms with E-state index < -0.39 is 17.6 Å². The van der Waals surface area contributed by atoms with Gasteiger partial charge in [0, 0.05) is 41.3 Å². The van der Waals surface area contributed by atoms with Gasteiger partial charge in [0.2, 0.25) is 0 Å². The first-order chi connectivity index (χ1) is 21.2. The molecular formula is C33H35F4N7. The van der Waals surface area contributed by atoms with Gasteiger partial charge in [-0.1, -0.05) is 37.3 Å². The smallest absolute Gasteiger partial charge is 0.382 e. The first-order valence-electron chi connectivity index (χ1n) is 14.7. The fourth-order valence-corrected chi connectivity index (χ4v) is 5.14. The number of nitrogens with one attached hydrogen (secondary N) is 3. The van der Waals surface area contributed by atoms with Crippen LogP contribution in [0.3, 0.4) is 0 Å². The summed E-state index contributed by atoms with van der Waals surface area (Å²) in [6, 6.07) is 14.9. The highest BCUT2D eigenvalue weighted by Gasteiger charge is 2.32. The number of anilines is 3. The summed E-state index contributed by atoms with van der Waals surface area (Å²) >= 11 is 0. The van der Waals surface area contributed by atoms with Crippen molar-refractivity contribution in [2.45, 2.75) is 57.8 Å². The van der Waals surface area contributed by atoms with Crippen LogP contribution in [-0.2, 0) is 19.1 Å². The number of rotatable bonds is 11. The summed E-state index contributed by atoms with van der Waals surface area (Å²) in [5.41, 5.74) is 9.74. The SMILES string of the molecule is CC/C=C(/Nc1ccc(F)cc1)c1cc(C(F)(F)F)cnc1NCc1ccc(-c2cnc(N)c(CCC3CCCN3)n2)cc1. The number of allylic oxidation sites excluding steroid dienone is 1. The lowest BCUT2D eigenvalue weighted by Crippen LogP contribution is -2.22. The van der Waals surface area contributed by atoms with Gasteiger partial charge in [-0.05, 0) is 74.5 Å². The maximum atomic E-state index is 13.6. The summed E-state index contributed by atoms with van der Waals surface area (Å²) in [6.45, 7) is 3.24. The summed E-state index contributed by atoms with van der Waals surface area (Å²) in [4.78, 5) is 13.3. The molecule has 11 heteroatoms. The lowest BCUT2D eigenvalue weighted by Gasteiger charge is -2.18. The van der Waals surface area contributed by atoms with Crippen LogP contribution in [0.25, 0.3) is 17.0 Å². The van der Waals surface area contributed by atoms with E-state index in [1.165, 1.54) is 30.7 Å². The number of nitrogens with two attached hydrogens (primary N) is 1. The lowest BCUT2D eigenvalue weighted by atomic mass is 10.1. The van der Waals surface area contributed by atoms with Gasteiger partial charge in [-0.15, -0.1) is 0 Å². The van der Waals surface area contributed by atoms with E-state index in [1.54, 1.807) is 12.3 Å². The second-order valence-corrected chi connectivity index (χ2v) is 10.7. The van der Waals surface area contributed by atoms with Crippen LogP contribution in [0.1, 0.15) is 55.0 Å². The van der Waals surface area contributed by atoms with Gasteiger partial charge < -0.3 is 21.7 Å². The number of benzene rings is 2. The molecule has 1 aliphatic rings.